The number of hydrogen-bond donors (Lipinski definition) is 1. The highest BCUT2D eigenvalue weighted by molar-refractivity contribution is 6.33. The van der Waals surface area contributed by atoms with Gasteiger partial charge in [0.25, 0.3) is 11.6 Å². The van der Waals surface area contributed by atoms with Crippen LogP contribution in [0.2, 0.25) is 5.02 Å². The summed E-state index contributed by atoms with van der Waals surface area (Å²) in [6.07, 6.45) is -1.10. The van der Waals surface area contributed by atoms with Gasteiger partial charge in [-0.05, 0) is 24.4 Å². The fraction of sp³-hybridized carbons (Fsp3) is 0.100. The molecule has 1 atom stereocenters. The quantitative estimate of drug-likeness (QED) is 0.385. The van der Waals surface area contributed by atoms with Crippen molar-refractivity contribution in [3.8, 4) is 0 Å². The van der Waals surface area contributed by atoms with Crippen molar-refractivity contribution in [2.24, 2.45) is 0 Å². The predicted molar refractivity (Wildman–Crippen MR) is 106 cm³/mol. The number of esters is 1. The number of nitrogens with one attached hydrogen (secondary N) is 1. The number of non-ortho nitro benzene ring substituents is 1. The van der Waals surface area contributed by atoms with E-state index in [0.29, 0.717) is 5.69 Å². The van der Waals surface area contributed by atoms with E-state index in [9.17, 15) is 19.7 Å². The Bertz CT molecular complexity index is 1080. The number of nitrogens with zero attached hydrogens (tertiary/aromatic N) is 1. The van der Waals surface area contributed by atoms with Gasteiger partial charge < -0.3 is 10.1 Å². The van der Waals surface area contributed by atoms with E-state index < -0.39 is 22.9 Å². The number of carbonyl (C=O) groups is 2. The molecule has 0 aromatic heterocycles. The van der Waals surface area contributed by atoms with Gasteiger partial charge in [-0.2, -0.15) is 0 Å². The Hall–Kier alpha value is -3.45. The van der Waals surface area contributed by atoms with Crippen molar-refractivity contribution in [1.82, 2.24) is 0 Å². The van der Waals surface area contributed by atoms with Gasteiger partial charge in [0.1, 0.15) is 0 Å². The van der Waals surface area contributed by atoms with Gasteiger partial charge in [-0.25, -0.2) is 4.79 Å². The minimum atomic E-state index is -1.10. The first-order valence-corrected chi connectivity index (χ1v) is 8.68. The standard InChI is InChI=1S/C20H15ClN2O5/c1-12(28-20(25)16-10-9-14(23(26)27)11-17(16)21)19(24)22-18-8-4-6-13-5-2-3-7-15(13)18/h2-12H,1H3,(H,22,24)/t12-/m0/s1. The normalized spacial score (nSPS) is 11.6. The van der Waals surface area contributed by atoms with E-state index in [2.05, 4.69) is 5.32 Å². The van der Waals surface area contributed by atoms with E-state index >= 15 is 0 Å². The zero-order valence-electron chi connectivity index (χ0n) is 14.7. The second kappa shape index (κ2) is 8.06. The van der Waals surface area contributed by atoms with E-state index in [1.54, 1.807) is 6.07 Å². The zero-order chi connectivity index (χ0) is 20.3. The Morgan fingerprint density at radius 2 is 1.82 bits per heavy atom. The molecule has 3 aromatic rings. The van der Waals surface area contributed by atoms with Gasteiger partial charge in [-0.1, -0.05) is 48.0 Å². The number of hydrogen-bond acceptors (Lipinski definition) is 5. The molecular weight excluding hydrogens is 384 g/mol. The number of nitro benzene ring substituents is 1. The smallest absolute Gasteiger partial charge is 0.340 e. The minimum Gasteiger partial charge on any atom is -0.449 e. The molecule has 1 N–H and O–H groups in total. The van der Waals surface area contributed by atoms with Crippen molar-refractivity contribution in [2.45, 2.75) is 13.0 Å². The lowest BCUT2D eigenvalue weighted by Gasteiger charge is -2.15. The highest BCUT2D eigenvalue weighted by atomic mass is 35.5. The van der Waals surface area contributed by atoms with Gasteiger partial charge in [-0.3, -0.25) is 14.9 Å². The third-order valence-electron chi connectivity index (χ3n) is 4.08. The molecule has 142 valence electrons. The summed E-state index contributed by atoms with van der Waals surface area (Å²) in [4.78, 5) is 34.8. The average Bonchev–Trinajstić information content (AvgIpc) is 2.67. The molecule has 3 aromatic carbocycles. The van der Waals surface area contributed by atoms with Crippen LogP contribution in [-0.2, 0) is 9.53 Å². The molecule has 0 aliphatic heterocycles. The van der Waals surface area contributed by atoms with Crippen LogP contribution in [-0.4, -0.2) is 22.9 Å². The molecule has 0 radical (unpaired) electrons. The summed E-state index contributed by atoms with van der Waals surface area (Å²) in [5.74, 6) is -1.36. The van der Waals surface area contributed by atoms with Gasteiger partial charge in [0, 0.05) is 23.2 Å². The maximum absolute atomic E-state index is 12.4. The van der Waals surface area contributed by atoms with E-state index in [4.69, 9.17) is 16.3 Å². The zero-order valence-corrected chi connectivity index (χ0v) is 15.5. The Labute approximate surface area is 165 Å². The first-order valence-electron chi connectivity index (χ1n) is 8.30. The average molecular weight is 399 g/mol. The minimum absolute atomic E-state index is 0.0583. The van der Waals surface area contributed by atoms with Crippen molar-refractivity contribution in [2.75, 3.05) is 5.32 Å². The molecule has 3 rings (SSSR count). The molecular formula is C20H15ClN2O5. The summed E-state index contributed by atoms with van der Waals surface area (Å²) >= 11 is 5.92. The Morgan fingerprint density at radius 3 is 2.54 bits per heavy atom. The van der Waals surface area contributed by atoms with Crippen LogP contribution in [0.4, 0.5) is 11.4 Å². The van der Waals surface area contributed by atoms with Crippen LogP contribution in [0.15, 0.2) is 60.7 Å². The van der Waals surface area contributed by atoms with E-state index in [1.807, 2.05) is 36.4 Å². The molecule has 0 saturated heterocycles. The van der Waals surface area contributed by atoms with E-state index in [0.717, 1.165) is 22.9 Å². The number of ether oxygens (including phenoxy) is 1. The van der Waals surface area contributed by atoms with Gasteiger partial charge in [0.05, 0.1) is 15.5 Å². The van der Waals surface area contributed by atoms with Crippen molar-refractivity contribution >= 4 is 45.6 Å². The van der Waals surface area contributed by atoms with E-state index in [1.165, 1.54) is 13.0 Å². The monoisotopic (exact) mass is 398 g/mol. The van der Waals surface area contributed by atoms with Crippen molar-refractivity contribution in [1.29, 1.82) is 0 Å². The maximum atomic E-state index is 12.4. The van der Waals surface area contributed by atoms with Crippen molar-refractivity contribution in [3.63, 3.8) is 0 Å². The lowest BCUT2D eigenvalue weighted by Crippen LogP contribution is -2.30. The third kappa shape index (κ3) is 4.10. The number of carbonyl (C=O) groups excluding carboxylic acids is 2. The van der Waals surface area contributed by atoms with Crippen LogP contribution in [0.25, 0.3) is 10.8 Å². The molecule has 0 aliphatic rings. The van der Waals surface area contributed by atoms with E-state index in [-0.39, 0.29) is 16.3 Å². The number of halogens is 1. The molecule has 0 spiro atoms. The maximum Gasteiger partial charge on any atom is 0.340 e. The summed E-state index contributed by atoms with van der Waals surface area (Å²) < 4.78 is 5.16. The first-order chi connectivity index (χ1) is 13.4. The van der Waals surface area contributed by atoms with Crippen molar-refractivity contribution in [3.05, 3.63) is 81.4 Å². The molecule has 0 unspecified atom stereocenters. The first kappa shape index (κ1) is 19.3. The molecule has 0 saturated carbocycles. The lowest BCUT2D eigenvalue weighted by molar-refractivity contribution is -0.384. The van der Waals surface area contributed by atoms with Crippen molar-refractivity contribution < 1.29 is 19.2 Å². The van der Waals surface area contributed by atoms with Gasteiger partial charge in [0.15, 0.2) is 6.10 Å². The lowest BCUT2D eigenvalue weighted by atomic mass is 10.1. The molecule has 1 amide bonds. The molecule has 0 fully saturated rings. The summed E-state index contributed by atoms with van der Waals surface area (Å²) in [7, 11) is 0. The fourth-order valence-corrected chi connectivity index (χ4v) is 2.88. The number of fused-ring (bicyclic) bond motifs is 1. The number of nitro groups is 1. The number of benzene rings is 3. The highest BCUT2D eigenvalue weighted by Crippen LogP contribution is 2.25. The predicted octanol–water partition coefficient (Wildman–Crippen LogP) is 4.59. The molecule has 8 heteroatoms. The molecule has 0 bridgehead atoms. The van der Waals surface area contributed by atoms with Crippen LogP contribution >= 0.6 is 11.6 Å². The van der Waals surface area contributed by atoms with Crippen LogP contribution in [0, 0.1) is 10.1 Å². The van der Waals surface area contributed by atoms with Gasteiger partial charge in [0.2, 0.25) is 0 Å². The fourth-order valence-electron chi connectivity index (χ4n) is 2.63. The SMILES string of the molecule is C[C@H](OC(=O)c1ccc([N+](=O)[O-])cc1Cl)C(=O)Nc1cccc2ccccc12. The summed E-state index contributed by atoms with van der Waals surface area (Å²) in [6, 6.07) is 16.4. The van der Waals surface area contributed by atoms with Crippen LogP contribution in [0.1, 0.15) is 17.3 Å². The van der Waals surface area contributed by atoms with Crippen LogP contribution in [0.3, 0.4) is 0 Å². The molecule has 7 nitrogen and oxygen atoms in total. The molecule has 0 heterocycles. The number of anilines is 1. The summed E-state index contributed by atoms with van der Waals surface area (Å²) in [5.41, 5.74) is 0.291. The topological polar surface area (TPSA) is 98.5 Å². The number of rotatable bonds is 5. The van der Waals surface area contributed by atoms with Gasteiger partial charge >= 0.3 is 5.97 Å². The Balaban J connectivity index is 1.72. The number of amides is 1. The molecule has 0 aliphatic carbocycles. The Kier molecular flexibility index (Phi) is 5.56. The van der Waals surface area contributed by atoms with Crippen LogP contribution in [0.5, 0.6) is 0 Å². The Morgan fingerprint density at radius 1 is 1.11 bits per heavy atom. The largest absolute Gasteiger partial charge is 0.449 e. The summed E-state index contributed by atoms with van der Waals surface area (Å²) in [6.45, 7) is 1.43. The van der Waals surface area contributed by atoms with Crippen LogP contribution < -0.4 is 5.32 Å². The summed E-state index contributed by atoms with van der Waals surface area (Å²) in [5, 5.41) is 15.2. The second-order valence-corrected chi connectivity index (χ2v) is 6.39. The highest BCUT2D eigenvalue weighted by Gasteiger charge is 2.22. The van der Waals surface area contributed by atoms with Gasteiger partial charge in [-0.15, -0.1) is 0 Å². The second-order valence-electron chi connectivity index (χ2n) is 5.98. The third-order valence-corrected chi connectivity index (χ3v) is 4.40. The molecule has 28 heavy (non-hydrogen) atoms.